The molecule has 0 unspecified atom stereocenters. The highest BCUT2D eigenvalue weighted by atomic mass is 32.1. The van der Waals surface area contributed by atoms with Gasteiger partial charge in [0.05, 0.1) is 29.5 Å². The Bertz CT molecular complexity index is 1190. The van der Waals surface area contributed by atoms with Gasteiger partial charge in [-0.2, -0.15) is 10.4 Å². The van der Waals surface area contributed by atoms with Crippen LogP contribution in [0.3, 0.4) is 0 Å². The molecule has 0 fully saturated rings. The van der Waals surface area contributed by atoms with E-state index in [0.29, 0.717) is 41.7 Å². The zero-order valence-electron chi connectivity index (χ0n) is 16.4. The lowest BCUT2D eigenvalue weighted by Crippen LogP contribution is -2.34. The third-order valence-corrected chi connectivity index (χ3v) is 5.56. The molecule has 30 heavy (non-hydrogen) atoms. The van der Waals surface area contributed by atoms with E-state index in [1.807, 2.05) is 37.4 Å². The average Bonchev–Trinajstić information content (AvgIpc) is 3.44. The molecule has 4 aromatic rings. The van der Waals surface area contributed by atoms with E-state index >= 15 is 0 Å². The van der Waals surface area contributed by atoms with Gasteiger partial charge in [0.1, 0.15) is 11.3 Å². The van der Waals surface area contributed by atoms with Gasteiger partial charge in [0.25, 0.3) is 5.91 Å². The molecule has 0 spiro atoms. The van der Waals surface area contributed by atoms with Gasteiger partial charge in [-0.05, 0) is 49.4 Å². The first-order valence-electron chi connectivity index (χ1n) is 9.51. The van der Waals surface area contributed by atoms with Crippen molar-refractivity contribution in [1.82, 2.24) is 14.8 Å². The number of anilines is 1. The van der Waals surface area contributed by atoms with Crippen LogP contribution in [0.15, 0.2) is 60.9 Å². The number of hydrogen-bond acceptors (Lipinski definition) is 6. The van der Waals surface area contributed by atoms with Crippen molar-refractivity contribution in [2.24, 2.45) is 0 Å². The first-order valence-corrected chi connectivity index (χ1v) is 10.3. The Morgan fingerprint density at radius 1 is 1.23 bits per heavy atom. The minimum atomic E-state index is -0.177. The molecule has 2 heterocycles. The summed E-state index contributed by atoms with van der Waals surface area (Å²) in [5.74, 6) is 0.527. The van der Waals surface area contributed by atoms with Crippen LogP contribution in [0.2, 0.25) is 0 Å². The van der Waals surface area contributed by atoms with E-state index in [-0.39, 0.29) is 5.91 Å². The Hall–Kier alpha value is -3.70. The summed E-state index contributed by atoms with van der Waals surface area (Å²) in [5, 5.41) is 13.8. The van der Waals surface area contributed by atoms with Crippen molar-refractivity contribution in [3.05, 3.63) is 72.1 Å². The lowest BCUT2D eigenvalue weighted by molar-refractivity contribution is 0.0986. The molecule has 0 aliphatic rings. The van der Waals surface area contributed by atoms with Crippen molar-refractivity contribution in [2.75, 3.05) is 18.1 Å². The molecule has 2 aromatic heterocycles. The van der Waals surface area contributed by atoms with Crippen LogP contribution in [0, 0.1) is 11.3 Å². The van der Waals surface area contributed by atoms with Crippen molar-refractivity contribution in [1.29, 1.82) is 5.26 Å². The second-order valence-electron chi connectivity index (χ2n) is 6.45. The third kappa shape index (κ3) is 4.02. The Labute approximate surface area is 177 Å². The number of carbonyl (C=O) groups is 1. The van der Waals surface area contributed by atoms with Crippen molar-refractivity contribution < 1.29 is 9.53 Å². The number of aromatic nitrogens is 3. The van der Waals surface area contributed by atoms with Crippen LogP contribution < -0.4 is 9.64 Å². The molecule has 4 rings (SSSR count). The summed E-state index contributed by atoms with van der Waals surface area (Å²) in [7, 11) is 0. The van der Waals surface area contributed by atoms with Crippen LogP contribution in [0.4, 0.5) is 5.13 Å². The average molecular weight is 417 g/mol. The van der Waals surface area contributed by atoms with Crippen molar-refractivity contribution in [2.45, 2.75) is 13.5 Å². The zero-order chi connectivity index (χ0) is 20.9. The standard InChI is InChI=1S/C22H19N5O2S/c1-2-29-18-5-3-6-19-20(18)25-22(30-19)27(14-13-26-12-4-11-24-26)21(28)17-9-7-16(15-23)8-10-17/h3-12H,2,13-14H2,1H3. The number of rotatable bonds is 7. The largest absolute Gasteiger partial charge is 0.492 e. The van der Waals surface area contributed by atoms with Crippen LogP contribution in [-0.4, -0.2) is 33.8 Å². The topological polar surface area (TPSA) is 84.0 Å². The van der Waals surface area contributed by atoms with E-state index in [2.05, 4.69) is 11.2 Å². The predicted octanol–water partition coefficient (Wildman–Crippen LogP) is 4.11. The van der Waals surface area contributed by atoms with Crippen LogP contribution in [0.25, 0.3) is 10.2 Å². The SMILES string of the molecule is CCOc1cccc2sc(N(CCn3cccn3)C(=O)c3ccc(C#N)cc3)nc12. The fourth-order valence-corrected chi connectivity index (χ4v) is 4.07. The lowest BCUT2D eigenvalue weighted by atomic mass is 10.1. The van der Waals surface area contributed by atoms with Gasteiger partial charge in [0, 0.05) is 24.5 Å². The van der Waals surface area contributed by atoms with Gasteiger partial charge >= 0.3 is 0 Å². The van der Waals surface area contributed by atoms with E-state index in [1.165, 1.54) is 11.3 Å². The van der Waals surface area contributed by atoms with Gasteiger partial charge in [0.2, 0.25) is 0 Å². The summed E-state index contributed by atoms with van der Waals surface area (Å²) in [6.45, 7) is 3.41. The van der Waals surface area contributed by atoms with Gasteiger partial charge in [-0.1, -0.05) is 17.4 Å². The van der Waals surface area contributed by atoms with E-state index in [4.69, 9.17) is 15.0 Å². The fourth-order valence-electron chi connectivity index (χ4n) is 3.06. The molecule has 0 saturated heterocycles. The quantitative estimate of drug-likeness (QED) is 0.452. The molecule has 0 N–H and O–H groups in total. The number of ether oxygens (including phenoxy) is 1. The van der Waals surface area contributed by atoms with Gasteiger partial charge in [0.15, 0.2) is 5.13 Å². The molecular formula is C22H19N5O2S. The monoisotopic (exact) mass is 417 g/mol. The maximum atomic E-state index is 13.3. The lowest BCUT2D eigenvalue weighted by Gasteiger charge is -2.20. The van der Waals surface area contributed by atoms with Crippen molar-refractivity contribution in [3.63, 3.8) is 0 Å². The molecule has 7 nitrogen and oxygen atoms in total. The Balaban J connectivity index is 1.70. The van der Waals surface area contributed by atoms with E-state index in [0.717, 1.165) is 10.2 Å². The molecule has 2 aromatic carbocycles. The maximum absolute atomic E-state index is 13.3. The first kappa shape index (κ1) is 19.6. The molecule has 0 radical (unpaired) electrons. The smallest absolute Gasteiger partial charge is 0.260 e. The van der Waals surface area contributed by atoms with Crippen LogP contribution in [0.1, 0.15) is 22.8 Å². The Morgan fingerprint density at radius 3 is 2.77 bits per heavy atom. The van der Waals surface area contributed by atoms with Gasteiger partial charge in [-0.3, -0.25) is 14.4 Å². The first-order chi connectivity index (χ1) is 14.7. The Morgan fingerprint density at radius 2 is 2.07 bits per heavy atom. The summed E-state index contributed by atoms with van der Waals surface area (Å²) in [6, 6.07) is 16.3. The summed E-state index contributed by atoms with van der Waals surface area (Å²) in [6.07, 6.45) is 3.56. The highest BCUT2D eigenvalue weighted by molar-refractivity contribution is 7.22. The van der Waals surface area contributed by atoms with Crippen LogP contribution >= 0.6 is 11.3 Å². The number of nitrogens with zero attached hydrogens (tertiary/aromatic N) is 5. The number of fused-ring (bicyclic) bond motifs is 1. The summed E-state index contributed by atoms with van der Waals surface area (Å²) in [4.78, 5) is 19.7. The maximum Gasteiger partial charge on any atom is 0.260 e. The fraction of sp³-hybridized carbons (Fsp3) is 0.182. The molecule has 0 aliphatic heterocycles. The summed E-state index contributed by atoms with van der Waals surface area (Å²) >= 11 is 1.45. The molecule has 150 valence electrons. The predicted molar refractivity (Wildman–Crippen MR) is 116 cm³/mol. The minimum absolute atomic E-state index is 0.177. The number of para-hydroxylation sites is 1. The summed E-state index contributed by atoms with van der Waals surface area (Å²) < 4.78 is 8.43. The van der Waals surface area contributed by atoms with Gasteiger partial charge in [-0.15, -0.1) is 0 Å². The van der Waals surface area contributed by atoms with Crippen LogP contribution in [-0.2, 0) is 6.54 Å². The number of carbonyl (C=O) groups excluding carboxylic acids is 1. The number of hydrogen-bond donors (Lipinski definition) is 0. The Kier molecular flexibility index (Phi) is 5.72. The molecule has 0 atom stereocenters. The second kappa shape index (κ2) is 8.76. The second-order valence-corrected chi connectivity index (χ2v) is 7.46. The van der Waals surface area contributed by atoms with Crippen molar-refractivity contribution in [3.8, 4) is 11.8 Å². The number of thiazole rings is 1. The highest BCUT2D eigenvalue weighted by Crippen LogP contribution is 2.34. The molecule has 0 aliphatic carbocycles. The van der Waals surface area contributed by atoms with E-state index < -0.39 is 0 Å². The number of benzene rings is 2. The zero-order valence-corrected chi connectivity index (χ0v) is 17.2. The van der Waals surface area contributed by atoms with Crippen LogP contribution in [0.5, 0.6) is 5.75 Å². The molecule has 1 amide bonds. The van der Waals surface area contributed by atoms with Gasteiger partial charge in [-0.25, -0.2) is 4.98 Å². The molecule has 8 heteroatoms. The minimum Gasteiger partial charge on any atom is -0.492 e. The number of nitriles is 1. The molecule has 0 saturated carbocycles. The molecular weight excluding hydrogens is 398 g/mol. The third-order valence-electron chi connectivity index (χ3n) is 4.52. The normalized spacial score (nSPS) is 10.7. The van der Waals surface area contributed by atoms with E-state index in [9.17, 15) is 4.79 Å². The number of amides is 1. The highest BCUT2D eigenvalue weighted by Gasteiger charge is 2.22. The summed E-state index contributed by atoms with van der Waals surface area (Å²) in [5.41, 5.74) is 1.76. The van der Waals surface area contributed by atoms with Crippen molar-refractivity contribution >= 4 is 32.6 Å². The molecule has 0 bridgehead atoms. The van der Waals surface area contributed by atoms with E-state index in [1.54, 1.807) is 40.0 Å². The van der Waals surface area contributed by atoms with Gasteiger partial charge < -0.3 is 4.74 Å².